The van der Waals surface area contributed by atoms with Crippen LogP contribution in [0.1, 0.15) is 47.5 Å². The smallest absolute Gasteiger partial charge is 0.305 e. The molecule has 0 spiro atoms. The maximum atomic E-state index is 11.3. The summed E-state index contributed by atoms with van der Waals surface area (Å²) in [6, 6.07) is 0. The van der Waals surface area contributed by atoms with E-state index in [9.17, 15) is 4.79 Å². The Hall–Kier alpha value is -0.610. The van der Waals surface area contributed by atoms with E-state index >= 15 is 0 Å². The van der Waals surface area contributed by atoms with Gasteiger partial charge in [0, 0.05) is 11.8 Å². The molecule has 2 atom stereocenters. The molecule has 1 heterocycles. The van der Waals surface area contributed by atoms with Gasteiger partial charge in [0.1, 0.15) is 0 Å². The minimum Gasteiger partial charge on any atom is -0.466 e. The van der Waals surface area contributed by atoms with Gasteiger partial charge in [-0.15, -0.1) is 0 Å². The molecule has 0 bridgehead atoms. The van der Waals surface area contributed by atoms with Crippen molar-refractivity contribution in [2.45, 2.75) is 59.4 Å². The van der Waals surface area contributed by atoms with Crippen LogP contribution >= 0.6 is 0 Å². The molecule has 1 aliphatic rings. The Bertz CT molecular complexity index is 275. The van der Waals surface area contributed by atoms with Crippen molar-refractivity contribution in [1.82, 2.24) is 0 Å². The predicted octanol–water partition coefficient (Wildman–Crippen LogP) is 2.51. The van der Waals surface area contributed by atoms with Crippen molar-refractivity contribution in [3.63, 3.8) is 0 Å². The number of carbonyl (C=O) groups is 1. The molecule has 0 radical (unpaired) electrons. The molecule has 0 aliphatic carbocycles. The van der Waals surface area contributed by atoms with Gasteiger partial charge in [-0.25, -0.2) is 0 Å². The van der Waals surface area contributed by atoms with Crippen LogP contribution in [0.5, 0.6) is 0 Å². The van der Waals surface area contributed by atoms with Gasteiger partial charge in [-0.05, 0) is 20.8 Å². The fourth-order valence-corrected chi connectivity index (χ4v) is 1.72. The van der Waals surface area contributed by atoms with Crippen LogP contribution in [0.25, 0.3) is 0 Å². The summed E-state index contributed by atoms with van der Waals surface area (Å²) in [4.78, 5) is 11.3. The molecule has 100 valence electrons. The monoisotopic (exact) mass is 244 g/mol. The van der Waals surface area contributed by atoms with E-state index in [1.54, 1.807) is 6.92 Å². The molecule has 0 N–H and O–H groups in total. The van der Waals surface area contributed by atoms with Crippen molar-refractivity contribution in [3.8, 4) is 0 Å². The average Bonchev–Trinajstić information content (AvgIpc) is 2.23. The standard InChI is InChI=1S/C13H24O4/c1-6-15-11(14)7-8-13(5)16-9-12(3,4)10(2)17-13/h10H,6-9H2,1-5H3. The van der Waals surface area contributed by atoms with Gasteiger partial charge in [-0.2, -0.15) is 0 Å². The number of rotatable bonds is 4. The lowest BCUT2D eigenvalue weighted by Gasteiger charge is -2.46. The van der Waals surface area contributed by atoms with Crippen LogP contribution in [0.3, 0.4) is 0 Å². The van der Waals surface area contributed by atoms with E-state index < -0.39 is 5.79 Å². The highest BCUT2D eigenvalue weighted by atomic mass is 16.7. The van der Waals surface area contributed by atoms with Gasteiger partial charge >= 0.3 is 5.97 Å². The third-order valence-electron chi connectivity index (χ3n) is 3.36. The highest BCUT2D eigenvalue weighted by Gasteiger charge is 2.41. The van der Waals surface area contributed by atoms with Gasteiger partial charge in [-0.3, -0.25) is 4.79 Å². The Morgan fingerprint density at radius 2 is 2.06 bits per heavy atom. The van der Waals surface area contributed by atoms with Crippen LogP contribution in [0.15, 0.2) is 0 Å². The van der Waals surface area contributed by atoms with Crippen molar-refractivity contribution in [2.75, 3.05) is 13.2 Å². The summed E-state index contributed by atoms with van der Waals surface area (Å²) in [5.74, 6) is -0.861. The average molecular weight is 244 g/mol. The molecule has 17 heavy (non-hydrogen) atoms. The lowest BCUT2D eigenvalue weighted by atomic mass is 9.87. The zero-order valence-electron chi connectivity index (χ0n) is 11.5. The van der Waals surface area contributed by atoms with Gasteiger partial charge < -0.3 is 14.2 Å². The highest BCUT2D eigenvalue weighted by Crippen LogP contribution is 2.36. The van der Waals surface area contributed by atoms with Gasteiger partial charge in [0.15, 0.2) is 5.79 Å². The first kappa shape index (κ1) is 14.5. The molecule has 0 aromatic heterocycles. The summed E-state index contributed by atoms with van der Waals surface area (Å²) >= 11 is 0. The quantitative estimate of drug-likeness (QED) is 0.713. The Morgan fingerprint density at radius 1 is 1.41 bits per heavy atom. The highest BCUT2D eigenvalue weighted by molar-refractivity contribution is 5.69. The number of hydrogen-bond donors (Lipinski definition) is 0. The minimum atomic E-state index is -0.665. The first-order valence-electron chi connectivity index (χ1n) is 6.26. The number of ether oxygens (including phenoxy) is 3. The third kappa shape index (κ3) is 3.96. The molecule has 1 fully saturated rings. The lowest BCUT2D eigenvalue weighted by Crippen LogP contribution is -2.50. The van der Waals surface area contributed by atoms with Crippen molar-refractivity contribution < 1.29 is 19.0 Å². The molecule has 0 amide bonds. The largest absolute Gasteiger partial charge is 0.466 e. The topological polar surface area (TPSA) is 44.8 Å². The van der Waals surface area contributed by atoms with E-state index in [0.717, 1.165) is 0 Å². The molecule has 0 saturated carbocycles. The normalized spacial score (nSPS) is 32.2. The summed E-state index contributed by atoms with van der Waals surface area (Å²) < 4.78 is 16.5. The molecule has 1 rings (SSSR count). The molecule has 4 nitrogen and oxygen atoms in total. The molecule has 1 saturated heterocycles. The summed E-state index contributed by atoms with van der Waals surface area (Å²) in [5.41, 5.74) is 0.0173. The van der Waals surface area contributed by atoms with E-state index in [2.05, 4.69) is 13.8 Å². The second kappa shape index (κ2) is 5.36. The van der Waals surface area contributed by atoms with Crippen LogP contribution in [0.4, 0.5) is 0 Å². The van der Waals surface area contributed by atoms with Crippen molar-refractivity contribution >= 4 is 5.97 Å². The second-order valence-electron chi connectivity index (χ2n) is 5.48. The van der Waals surface area contributed by atoms with Gasteiger partial charge in [0.2, 0.25) is 0 Å². The first-order valence-corrected chi connectivity index (χ1v) is 6.26. The van der Waals surface area contributed by atoms with E-state index in [1.165, 1.54) is 0 Å². The van der Waals surface area contributed by atoms with Gasteiger partial charge in [0.05, 0.1) is 25.7 Å². The Morgan fingerprint density at radius 3 is 2.59 bits per heavy atom. The van der Waals surface area contributed by atoms with Crippen LogP contribution in [0.2, 0.25) is 0 Å². The van der Waals surface area contributed by atoms with Crippen LogP contribution in [-0.4, -0.2) is 31.1 Å². The van der Waals surface area contributed by atoms with E-state index in [-0.39, 0.29) is 17.5 Å². The van der Waals surface area contributed by atoms with Gasteiger partial charge in [0.25, 0.3) is 0 Å². The fraction of sp³-hybridized carbons (Fsp3) is 0.923. The first-order chi connectivity index (χ1) is 7.79. The Balaban J connectivity index is 2.46. The number of esters is 1. The van der Waals surface area contributed by atoms with Gasteiger partial charge in [-0.1, -0.05) is 13.8 Å². The zero-order chi connectivity index (χ0) is 13.1. The summed E-state index contributed by atoms with van der Waals surface area (Å²) in [7, 11) is 0. The van der Waals surface area contributed by atoms with Crippen molar-refractivity contribution in [3.05, 3.63) is 0 Å². The molecule has 0 aromatic rings. The molecule has 1 aliphatic heterocycles. The predicted molar refractivity (Wildman–Crippen MR) is 64.6 cm³/mol. The van der Waals surface area contributed by atoms with Crippen LogP contribution < -0.4 is 0 Å². The molecule has 4 heteroatoms. The second-order valence-corrected chi connectivity index (χ2v) is 5.48. The van der Waals surface area contributed by atoms with E-state index in [0.29, 0.717) is 26.1 Å². The maximum absolute atomic E-state index is 11.3. The zero-order valence-corrected chi connectivity index (χ0v) is 11.5. The van der Waals surface area contributed by atoms with Crippen molar-refractivity contribution in [1.29, 1.82) is 0 Å². The SMILES string of the molecule is CCOC(=O)CCC1(C)OCC(C)(C)C(C)O1. The van der Waals surface area contributed by atoms with E-state index in [1.807, 2.05) is 13.8 Å². The summed E-state index contributed by atoms with van der Waals surface area (Å²) in [6.07, 6.45) is 0.979. The molecule has 0 aromatic carbocycles. The molecular formula is C13H24O4. The number of hydrogen-bond acceptors (Lipinski definition) is 4. The molecular weight excluding hydrogens is 220 g/mol. The Kier molecular flexibility index (Phi) is 4.55. The summed E-state index contributed by atoms with van der Waals surface area (Å²) in [5, 5.41) is 0. The lowest BCUT2D eigenvalue weighted by molar-refractivity contribution is -0.319. The van der Waals surface area contributed by atoms with E-state index in [4.69, 9.17) is 14.2 Å². The third-order valence-corrected chi connectivity index (χ3v) is 3.36. The van der Waals surface area contributed by atoms with Crippen LogP contribution in [-0.2, 0) is 19.0 Å². The summed E-state index contributed by atoms with van der Waals surface area (Å²) in [6.45, 7) is 11.0. The van der Waals surface area contributed by atoms with Crippen LogP contribution in [0, 0.1) is 5.41 Å². The fourth-order valence-electron chi connectivity index (χ4n) is 1.72. The Labute approximate surface area is 104 Å². The molecule has 2 unspecified atom stereocenters. The maximum Gasteiger partial charge on any atom is 0.305 e. The minimum absolute atomic E-state index is 0.0173. The number of carbonyl (C=O) groups excluding carboxylic acids is 1. The van der Waals surface area contributed by atoms with Crippen molar-refractivity contribution in [2.24, 2.45) is 5.41 Å².